The molecule has 0 aliphatic heterocycles. The summed E-state index contributed by atoms with van der Waals surface area (Å²) in [5.41, 5.74) is 5.48. The number of thiazole rings is 1. The number of hydrogen-bond donors (Lipinski definition) is 0. The van der Waals surface area contributed by atoms with Crippen LogP contribution in [-0.4, -0.2) is 18.2 Å². The number of benzene rings is 3. The van der Waals surface area contributed by atoms with Crippen molar-refractivity contribution in [3.8, 4) is 38.7 Å². The van der Waals surface area contributed by atoms with E-state index in [0.717, 1.165) is 38.7 Å². The van der Waals surface area contributed by atoms with Gasteiger partial charge in [-0.15, -0.1) is 11.3 Å². The van der Waals surface area contributed by atoms with Gasteiger partial charge in [0.05, 0.1) is 12.8 Å². The van der Waals surface area contributed by atoms with Crippen molar-refractivity contribution in [1.82, 2.24) is 4.98 Å². The molecule has 0 radical (unpaired) electrons. The minimum atomic E-state index is 0.250. The molecule has 138 valence electrons. The summed E-state index contributed by atoms with van der Waals surface area (Å²) in [6.45, 7) is 0. The van der Waals surface area contributed by atoms with Gasteiger partial charge in [0.15, 0.2) is 0 Å². The summed E-state index contributed by atoms with van der Waals surface area (Å²) in [6, 6.07) is 26.8. The normalized spacial score (nSPS) is 9.75. The molecule has 0 fully saturated rings. The molecule has 0 atom stereocenters. The lowest BCUT2D eigenvalue weighted by Gasteiger charge is -2.09. The Hall–Kier alpha value is -3.53. The third-order valence-electron chi connectivity index (χ3n) is 4.10. The molecule has 0 saturated heterocycles. The smallest absolute Gasteiger partial charge is 0.373 e. The van der Waals surface area contributed by atoms with Gasteiger partial charge in [-0.25, -0.2) is 4.98 Å². The molecule has 4 rings (SSSR count). The zero-order chi connectivity index (χ0) is 19.8. The summed E-state index contributed by atoms with van der Waals surface area (Å²) in [4.78, 5) is 21.1. The highest BCUT2D eigenvalue weighted by atomic mass is 32.1. The van der Waals surface area contributed by atoms with E-state index >= 15 is 0 Å². The molecule has 0 bridgehead atoms. The highest BCUT2D eigenvalue weighted by Gasteiger charge is 2.09. The molecule has 1 heterocycles. The molecule has 0 aliphatic carbocycles. The monoisotopic (exact) mass is 387 g/mol. The lowest BCUT2D eigenvalue weighted by Crippen LogP contribution is -1.88. The Kier molecular flexibility index (Phi) is 6.47. The molecule has 0 spiro atoms. The topological polar surface area (TPSA) is 56.3 Å². The molecule has 0 amide bonds. The maximum atomic E-state index is 8.12. The van der Waals surface area contributed by atoms with Crippen LogP contribution in [0.1, 0.15) is 0 Å². The van der Waals surface area contributed by atoms with Gasteiger partial charge in [-0.2, -0.15) is 9.59 Å². The van der Waals surface area contributed by atoms with E-state index in [1.807, 2.05) is 36.4 Å². The lowest BCUT2D eigenvalue weighted by molar-refractivity contribution is -0.191. The van der Waals surface area contributed by atoms with E-state index < -0.39 is 0 Å². The van der Waals surface area contributed by atoms with Crippen molar-refractivity contribution in [3.05, 3.63) is 84.2 Å². The molecule has 0 unspecified atom stereocenters. The first-order chi connectivity index (χ1) is 13.8. The van der Waals surface area contributed by atoms with Crippen LogP contribution >= 0.6 is 11.3 Å². The van der Waals surface area contributed by atoms with Gasteiger partial charge in [-0.05, 0) is 17.7 Å². The van der Waals surface area contributed by atoms with Gasteiger partial charge < -0.3 is 4.74 Å². The number of aromatic nitrogens is 1. The number of para-hydroxylation sites is 1. The number of nitrogens with zero attached hydrogens (tertiary/aromatic N) is 1. The van der Waals surface area contributed by atoms with Crippen molar-refractivity contribution in [3.63, 3.8) is 0 Å². The van der Waals surface area contributed by atoms with Crippen molar-refractivity contribution in [2.75, 3.05) is 7.11 Å². The summed E-state index contributed by atoms with van der Waals surface area (Å²) in [5, 5.41) is 3.15. The number of rotatable bonds is 4. The van der Waals surface area contributed by atoms with Crippen LogP contribution in [0.15, 0.2) is 84.2 Å². The minimum Gasteiger partial charge on any atom is -0.496 e. The second kappa shape index (κ2) is 9.42. The van der Waals surface area contributed by atoms with Crippen molar-refractivity contribution in [1.29, 1.82) is 0 Å². The van der Waals surface area contributed by atoms with Crippen LogP contribution in [-0.2, 0) is 9.59 Å². The Labute approximate surface area is 167 Å². The summed E-state index contributed by atoms with van der Waals surface area (Å²) >= 11 is 1.67. The predicted molar refractivity (Wildman–Crippen MR) is 110 cm³/mol. The van der Waals surface area contributed by atoms with Gasteiger partial charge in [0.2, 0.25) is 0 Å². The molecule has 5 heteroatoms. The average molecular weight is 387 g/mol. The molecular formula is C23H17NO3S. The van der Waals surface area contributed by atoms with Crippen molar-refractivity contribution in [2.45, 2.75) is 0 Å². The number of carbonyl (C=O) groups excluding carboxylic acids is 2. The van der Waals surface area contributed by atoms with Gasteiger partial charge in [0.25, 0.3) is 0 Å². The van der Waals surface area contributed by atoms with E-state index in [-0.39, 0.29) is 6.15 Å². The Morgan fingerprint density at radius 2 is 1.46 bits per heavy atom. The Balaban J connectivity index is 0.000000706. The first-order valence-corrected chi connectivity index (χ1v) is 9.39. The SMILES string of the molecule is COc1ccccc1-c1cccc(-c2csc(-c3ccccc3)n2)c1.O=C=O. The van der Waals surface area contributed by atoms with Crippen LogP contribution in [0, 0.1) is 0 Å². The molecule has 4 nitrogen and oxygen atoms in total. The largest absolute Gasteiger partial charge is 0.496 e. The Bertz CT molecular complexity index is 1080. The van der Waals surface area contributed by atoms with E-state index in [9.17, 15) is 0 Å². The summed E-state index contributed by atoms with van der Waals surface area (Å²) in [6.07, 6.45) is 0.250. The second-order valence-corrected chi connectivity index (χ2v) is 6.63. The number of hydrogen-bond acceptors (Lipinski definition) is 5. The fraction of sp³-hybridized carbons (Fsp3) is 0.0435. The van der Waals surface area contributed by atoms with Gasteiger partial charge in [0, 0.05) is 22.1 Å². The van der Waals surface area contributed by atoms with Crippen LogP contribution in [0.25, 0.3) is 33.0 Å². The summed E-state index contributed by atoms with van der Waals surface area (Å²) in [7, 11) is 1.70. The van der Waals surface area contributed by atoms with E-state index in [4.69, 9.17) is 19.3 Å². The van der Waals surface area contributed by atoms with Crippen LogP contribution in [0.2, 0.25) is 0 Å². The van der Waals surface area contributed by atoms with Crippen molar-refractivity contribution >= 4 is 17.5 Å². The Morgan fingerprint density at radius 3 is 2.21 bits per heavy atom. The molecular weight excluding hydrogens is 370 g/mol. The van der Waals surface area contributed by atoms with Gasteiger partial charge >= 0.3 is 6.15 Å². The van der Waals surface area contributed by atoms with Crippen LogP contribution in [0.5, 0.6) is 5.75 Å². The number of methoxy groups -OCH3 is 1. The zero-order valence-corrected chi connectivity index (χ0v) is 16.0. The van der Waals surface area contributed by atoms with Gasteiger partial charge in [0.1, 0.15) is 10.8 Å². The quantitative estimate of drug-likeness (QED) is 0.459. The van der Waals surface area contributed by atoms with Gasteiger partial charge in [-0.3, -0.25) is 0 Å². The Morgan fingerprint density at radius 1 is 0.821 bits per heavy atom. The maximum absolute atomic E-state index is 8.12. The molecule has 0 N–H and O–H groups in total. The zero-order valence-electron chi connectivity index (χ0n) is 15.2. The van der Waals surface area contributed by atoms with Gasteiger partial charge in [-0.1, -0.05) is 66.7 Å². The molecule has 1 aromatic heterocycles. The molecule has 4 aromatic rings. The van der Waals surface area contributed by atoms with E-state index in [2.05, 4.69) is 47.8 Å². The summed E-state index contributed by atoms with van der Waals surface area (Å²) in [5.74, 6) is 0.878. The minimum absolute atomic E-state index is 0.250. The highest BCUT2D eigenvalue weighted by Crippen LogP contribution is 2.34. The lowest BCUT2D eigenvalue weighted by atomic mass is 10.0. The standard InChI is InChI=1S/C22H17NOS.CO2/c1-24-21-13-6-5-12-19(21)17-10-7-11-18(14-17)20-15-25-22(23-20)16-8-3-2-4-9-16;2-1-3/h2-15H,1H3;. The van der Waals surface area contributed by atoms with E-state index in [1.54, 1.807) is 18.4 Å². The van der Waals surface area contributed by atoms with Crippen LogP contribution in [0.3, 0.4) is 0 Å². The first-order valence-electron chi connectivity index (χ1n) is 8.51. The van der Waals surface area contributed by atoms with Crippen molar-refractivity contribution < 1.29 is 14.3 Å². The van der Waals surface area contributed by atoms with Crippen LogP contribution < -0.4 is 4.74 Å². The van der Waals surface area contributed by atoms with Crippen molar-refractivity contribution in [2.24, 2.45) is 0 Å². The molecule has 0 saturated carbocycles. The van der Waals surface area contributed by atoms with E-state index in [1.165, 1.54) is 0 Å². The van der Waals surface area contributed by atoms with Crippen LogP contribution in [0.4, 0.5) is 0 Å². The fourth-order valence-electron chi connectivity index (χ4n) is 2.85. The number of ether oxygens (including phenoxy) is 1. The average Bonchev–Trinajstić information content (AvgIpc) is 3.25. The third kappa shape index (κ3) is 4.41. The third-order valence-corrected chi connectivity index (χ3v) is 4.99. The molecule has 28 heavy (non-hydrogen) atoms. The molecule has 3 aromatic carbocycles. The van der Waals surface area contributed by atoms with E-state index in [0.29, 0.717) is 0 Å². The first kappa shape index (κ1) is 19.2. The predicted octanol–water partition coefficient (Wildman–Crippen LogP) is 5.57. The highest BCUT2D eigenvalue weighted by molar-refractivity contribution is 7.13. The second-order valence-electron chi connectivity index (χ2n) is 5.77. The maximum Gasteiger partial charge on any atom is 0.373 e. The molecule has 0 aliphatic rings. The summed E-state index contributed by atoms with van der Waals surface area (Å²) < 4.78 is 5.49. The fourth-order valence-corrected chi connectivity index (χ4v) is 3.68.